The smallest absolute Gasteiger partial charge is 0.251 e. The maximum absolute atomic E-state index is 13.8. The Balaban J connectivity index is 2.11. The number of hydrogen-bond acceptors (Lipinski definition) is 5. The molecule has 2 aromatic rings. The Morgan fingerprint density at radius 3 is 2.52 bits per heavy atom. The third-order valence-electron chi connectivity index (χ3n) is 4.47. The van der Waals surface area contributed by atoms with E-state index in [1.165, 1.54) is 24.3 Å². The fraction of sp³-hybridized carbons (Fsp3) is 0.348. The van der Waals surface area contributed by atoms with Crippen molar-refractivity contribution >= 4 is 17.5 Å². The van der Waals surface area contributed by atoms with Gasteiger partial charge in [0, 0.05) is 16.1 Å². The summed E-state index contributed by atoms with van der Waals surface area (Å²) in [6.07, 6.45) is 0.949. The molecule has 2 rings (SSSR count). The van der Waals surface area contributed by atoms with Gasteiger partial charge in [-0.15, -0.1) is 0 Å². The molecule has 2 aromatic carbocycles. The van der Waals surface area contributed by atoms with E-state index in [2.05, 4.69) is 5.32 Å². The second kappa shape index (κ2) is 11.9. The first-order valence-corrected chi connectivity index (χ1v) is 9.75. The number of halogens is 2. The van der Waals surface area contributed by atoms with Crippen molar-refractivity contribution in [1.82, 2.24) is 5.32 Å². The second-order valence-corrected chi connectivity index (χ2v) is 6.92. The molecule has 31 heavy (non-hydrogen) atoms. The van der Waals surface area contributed by atoms with Crippen LogP contribution in [-0.4, -0.2) is 36.7 Å². The molecule has 1 amide bonds. The summed E-state index contributed by atoms with van der Waals surface area (Å²) in [5.74, 6) is -4.79. The van der Waals surface area contributed by atoms with E-state index in [0.717, 1.165) is 18.2 Å². The summed E-state index contributed by atoms with van der Waals surface area (Å²) in [6.45, 7) is -3.04. The Morgan fingerprint density at radius 1 is 1.13 bits per heavy atom. The molecule has 0 aliphatic heterocycles. The lowest BCUT2D eigenvalue weighted by Crippen LogP contribution is -2.43. The maximum atomic E-state index is 13.8. The molecule has 0 saturated carbocycles. The van der Waals surface area contributed by atoms with E-state index in [-0.39, 0.29) is 18.4 Å². The molecule has 166 valence electrons. The minimum atomic E-state index is -2.75. The number of unbranched alkanes of at least 4 members (excludes halogenated alkanes) is 1. The average molecular weight is 435 g/mol. The van der Waals surface area contributed by atoms with Crippen molar-refractivity contribution in [3.8, 4) is 5.75 Å². The van der Waals surface area contributed by atoms with Crippen LogP contribution in [0.15, 0.2) is 42.5 Å². The molecule has 0 heterocycles. The van der Waals surface area contributed by atoms with Gasteiger partial charge in [-0.3, -0.25) is 14.4 Å². The molecule has 0 radical (unpaired) electrons. The van der Waals surface area contributed by atoms with Crippen molar-refractivity contribution in [2.24, 2.45) is 5.73 Å². The molecular formula is C23H26F2N2O4. The number of para-hydroxylation sites is 1. The Hall–Kier alpha value is -3.13. The van der Waals surface area contributed by atoms with Crippen molar-refractivity contribution in [2.45, 2.75) is 38.6 Å². The first-order valence-electron chi connectivity index (χ1n) is 11.3. The lowest BCUT2D eigenvalue weighted by atomic mass is 10.0. The summed E-state index contributed by atoms with van der Waals surface area (Å²) in [4.78, 5) is 37.2. The number of ketones is 2. The maximum Gasteiger partial charge on any atom is 0.251 e. The lowest BCUT2D eigenvalue weighted by Gasteiger charge is -2.18. The molecule has 0 spiro atoms. The van der Waals surface area contributed by atoms with E-state index in [4.69, 9.17) is 14.6 Å². The van der Waals surface area contributed by atoms with E-state index < -0.39 is 54.4 Å². The quantitative estimate of drug-likeness (QED) is 0.500. The van der Waals surface area contributed by atoms with Gasteiger partial charge < -0.3 is 15.8 Å². The molecule has 0 unspecified atom stereocenters. The standard InChI is InChI=1S/C23H26F2N2O4/c1-15(28)12-16-6-4-7-17(13-16)23(30)27-20(10-2-3-11-26)21(29)14-31-22-18(24)8-5-9-19(22)25/h4-9,13,20H,2-3,10-12,14,26H2,1H3,(H,27,30)/t20-/m0/s1/i1D3. The molecular weight excluding hydrogens is 406 g/mol. The third-order valence-corrected chi connectivity index (χ3v) is 4.47. The Bertz CT molecular complexity index is 1010. The van der Waals surface area contributed by atoms with Crippen molar-refractivity contribution in [2.75, 3.05) is 13.2 Å². The molecule has 6 nitrogen and oxygen atoms in total. The monoisotopic (exact) mass is 435 g/mol. The normalized spacial score (nSPS) is 13.5. The van der Waals surface area contributed by atoms with Gasteiger partial charge in [0.15, 0.2) is 23.2 Å². The van der Waals surface area contributed by atoms with Crippen LogP contribution in [0.25, 0.3) is 0 Å². The van der Waals surface area contributed by atoms with E-state index in [1.807, 2.05) is 0 Å². The number of hydrogen-bond donors (Lipinski definition) is 2. The highest BCUT2D eigenvalue weighted by atomic mass is 19.1. The van der Waals surface area contributed by atoms with Crippen LogP contribution in [0.2, 0.25) is 0 Å². The molecule has 0 fully saturated rings. The van der Waals surface area contributed by atoms with Crippen LogP contribution in [-0.2, 0) is 16.0 Å². The van der Waals surface area contributed by atoms with Gasteiger partial charge in [-0.2, -0.15) is 0 Å². The predicted molar refractivity (Wildman–Crippen MR) is 112 cm³/mol. The Labute approximate surface area is 184 Å². The van der Waals surface area contributed by atoms with Gasteiger partial charge in [-0.1, -0.05) is 18.2 Å². The van der Waals surface area contributed by atoms with E-state index in [9.17, 15) is 23.2 Å². The van der Waals surface area contributed by atoms with Crippen molar-refractivity contribution in [3.05, 3.63) is 65.2 Å². The largest absolute Gasteiger partial charge is 0.480 e. The molecule has 8 heteroatoms. The first-order chi connectivity index (χ1) is 16.0. The highest BCUT2D eigenvalue weighted by Crippen LogP contribution is 2.21. The van der Waals surface area contributed by atoms with Crippen LogP contribution in [0.3, 0.4) is 0 Å². The molecule has 0 aromatic heterocycles. The average Bonchev–Trinajstić information content (AvgIpc) is 2.77. The van der Waals surface area contributed by atoms with Crippen molar-refractivity contribution in [1.29, 1.82) is 0 Å². The van der Waals surface area contributed by atoms with Gasteiger partial charge in [-0.05, 0) is 62.5 Å². The number of benzene rings is 2. The summed E-state index contributed by atoms with van der Waals surface area (Å²) in [5, 5.41) is 2.58. The minimum absolute atomic E-state index is 0.119. The number of Topliss-reactive ketones (excluding diaryl/α,β-unsaturated/α-hetero) is 2. The van der Waals surface area contributed by atoms with E-state index >= 15 is 0 Å². The number of ether oxygens (including phenoxy) is 1. The summed E-state index contributed by atoms with van der Waals surface area (Å²) >= 11 is 0. The van der Waals surface area contributed by atoms with Crippen molar-refractivity contribution < 1.29 is 32.0 Å². The zero-order valence-corrected chi connectivity index (χ0v) is 16.8. The van der Waals surface area contributed by atoms with Gasteiger partial charge in [0.2, 0.25) is 0 Å². The zero-order chi connectivity index (χ0) is 25.3. The molecule has 3 N–H and O–H groups in total. The van der Waals surface area contributed by atoms with Gasteiger partial charge in [-0.25, -0.2) is 8.78 Å². The van der Waals surface area contributed by atoms with E-state index in [0.29, 0.717) is 24.9 Å². The van der Waals surface area contributed by atoms with Gasteiger partial charge >= 0.3 is 0 Å². The number of rotatable bonds is 12. The van der Waals surface area contributed by atoms with Crippen LogP contribution < -0.4 is 15.8 Å². The van der Waals surface area contributed by atoms with Gasteiger partial charge in [0.05, 0.1) is 6.04 Å². The molecule has 0 aliphatic rings. The van der Waals surface area contributed by atoms with Crippen LogP contribution in [0.5, 0.6) is 5.75 Å². The zero-order valence-electron chi connectivity index (χ0n) is 19.8. The topological polar surface area (TPSA) is 98.5 Å². The van der Waals surface area contributed by atoms with Crippen molar-refractivity contribution in [3.63, 3.8) is 0 Å². The van der Waals surface area contributed by atoms with Crippen LogP contribution in [0.4, 0.5) is 8.78 Å². The third kappa shape index (κ3) is 7.57. The fourth-order valence-electron chi connectivity index (χ4n) is 2.92. The minimum Gasteiger partial charge on any atom is -0.480 e. The fourth-order valence-corrected chi connectivity index (χ4v) is 2.92. The van der Waals surface area contributed by atoms with E-state index in [1.54, 1.807) is 0 Å². The van der Waals surface area contributed by atoms with Gasteiger partial charge in [0.25, 0.3) is 5.91 Å². The summed E-state index contributed by atoms with van der Waals surface area (Å²) in [5.41, 5.74) is 5.94. The SMILES string of the molecule is [2H]C([2H])([2H])C(=O)Cc1cccc(C(=O)N[C@@H](CCCCN)C(=O)COc2c(F)cccc2F)c1. The Morgan fingerprint density at radius 2 is 1.84 bits per heavy atom. The number of nitrogens with two attached hydrogens (primary N) is 1. The number of nitrogens with one attached hydrogen (secondary N) is 1. The molecule has 1 atom stereocenters. The van der Waals surface area contributed by atoms with Crippen LogP contribution in [0, 0.1) is 11.6 Å². The summed E-state index contributed by atoms with van der Waals surface area (Å²) in [6, 6.07) is 7.96. The number of carbonyl (C=O) groups excluding carboxylic acids is 3. The first kappa shape index (κ1) is 19.8. The molecule has 0 saturated heterocycles. The highest BCUT2D eigenvalue weighted by Gasteiger charge is 2.23. The highest BCUT2D eigenvalue weighted by molar-refractivity contribution is 5.98. The number of amides is 1. The predicted octanol–water partition coefficient (Wildman–Crippen LogP) is 2.97. The Kier molecular flexibility index (Phi) is 7.61. The second-order valence-electron chi connectivity index (χ2n) is 6.92. The summed E-state index contributed by atoms with van der Waals surface area (Å²) < 4.78 is 54.1. The van der Waals surface area contributed by atoms with Crippen LogP contribution in [0.1, 0.15) is 46.1 Å². The van der Waals surface area contributed by atoms with Gasteiger partial charge in [0.1, 0.15) is 12.4 Å². The lowest BCUT2D eigenvalue weighted by molar-refractivity contribution is -0.123. The molecule has 0 aliphatic carbocycles. The van der Waals surface area contributed by atoms with Crippen LogP contribution >= 0.6 is 0 Å². The number of carbonyl (C=O) groups is 3. The summed E-state index contributed by atoms with van der Waals surface area (Å²) in [7, 11) is 0. The molecule has 0 bridgehead atoms.